The molecular formula is C15H23N3O3. The number of hydrogen-bond acceptors (Lipinski definition) is 4. The van der Waals surface area contributed by atoms with Crippen LogP contribution in [0.25, 0.3) is 0 Å². The van der Waals surface area contributed by atoms with Crippen molar-refractivity contribution in [3.05, 3.63) is 33.9 Å². The van der Waals surface area contributed by atoms with Crippen molar-refractivity contribution in [1.82, 2.24) is 4.90 Å². The highest BCUT2D eigenvalue weighted by Crippen LogP contribution is 2.29. The lowest BCUT2D eigenvalue weighted by atomic mass is 10.1. The summed E-state index contributed by atoms with van der Waals surface area (Å²) in [6, 6.07) is 4.67. The Morgan fingerprint density at radius 1 is 1.43 bits per heavy atom. The van der Waals surface area contributed by atoms with E-state index >= 15 is 0 Å². The summed E-state index contributed by atoms with van der Waals surface area (Å²) in [6.45, 7) is 6.39. The molecule has 0 spiro atoms. The molecule has 0 saturated carbocycles. The Kier molecular flexibility index (Phi) is 6.14. The fourth-order valence-electron chi connectivity index (χ4n) is 2.23. The second-order valence-corrected chi connectivity index (χ2v) is 5.04. The molecule has 0 radical (unpaired) electrons. The van der Waals surface area contributed by atoms with Crippen molar-refractivity contribution < 1.29 is 9.72 Å². The van der Waals surface area contributed by atoms with E-state index in [-0.39, 0.29) is 17.6 Å². The summed E-state index contributed by atoms with van der Waals surface area (Å²) in [5.74, 6) is -0.199. The third-order valence-corrected chi connectivity index (χ3v) is 3.51. The van der Waals surface area contributed by atoms with Gasteiger partial charge in [0.1, 0.15) is 5.69 Å². The topological polar surface area (TPSA) is 75.5 Å². The van der Waals surface area contributed by atoms with Crippen LogP contribution in [0.3, 0.4) is 0 Å². The molecule has 6 nitrogen and oxygen atoms in total. The number of anilines is 1. The lowest BCUT2D eigenvalue weighted by Crippen LogP contribution is -2.35. The molecule has 0 aliphatic carbocycles. The maximum absolute atomic E-state index is 12.6. The lowest BCUT2D eigenvalue weighted by molar-refractivity contribution is -0.384. The number of carbonyl (C=O) groups excluding carboxylic acids is 1. The molecular weight excluding hydrogens is 270 g/mol. The van der Waals surface area contributed by atoms with Crippen LogP contribution in [0.2, 0.25) is 0 Å². The van der Waals surface area contributed by atoms with Crippen molar-refractivity contribution in [3.63, 3.8) is 0 Å². The van der Waals surface area contributed by atoms with E-state index in [0.29, 0.717) is 17.8 Å². The number of nitro groups is 1. The first-order valence-corrected chi connectivity index (χ1v) is 7.22. The molecule has 1 atom stereocenters. The number of nitrogens with zero attached hydrogens (tertiary/aromatic N) is 2. The summed E-state index contributed by atoms with van der Waals surface area (Å²) in [5, 5.41) is 14.1. The first-order chi connectivity index (χ1) is 9.93. The van der Waals surface area contributed by atoms with Crippen molar-refractivity contribution in [2.75, 3.05) is 18.9 Å². The minimum Gasteiger partial charge on any atom is -0.379 e. The minimum absolute atomic E-state index is 0.0701. The zero-order chi connectivity index (χ0) is 16.0. The number of nitro benzene ring substituents is 1. The van der Waals surface area contributed by atoms with Gasteiger partial charge in [0.25, 0.3) is 11.6 Å². The number of rotatable bonds is 7. The largest absolute Gasteiger partial charge is 0.379 e. The lowest BCUT2D eigenvalue weighted by Gasteiger charge is -2.25. The van der Waals surface area contributed by atoms with Gasteiger partial charge in [-0.25, -0.2) is 0 Å². The average Bonchev–Trinajstić information content (AvgIpc) is 2.46. The second-order valence-electron chi connectivity index (χ2n) is 5.04. The van der Waals surface area contributed by atoms with Crippen molar-refractivity contribution in [1.29, 1.82) is 0 Å². The predicted molar refractivity (Wildman–Crippen MR) is 83.7 cm³/mol. The Balaban J connectivity index is 3.19. The van der Waals surface area contributed by atoms with Gasteiger partial charge in [0.05, 0.1) is 10.5 Å². The number of hydrogen-bond donors (Lipinski definition) is 1. The van der Waals surface area contributed by atoms with Gasteiger partial charge in [-0.1, -0.05) is 19.4 Å². The SMILES string of the molecule is CCCC(C)N(C)C(=O)c1cccc([N+](=O)[O-])c1NCC. The van der Waals surface area contributed by atoms with E-state index in [2.05, 4.69) is 12.2 Å². The van der Waals surface area contributed by atoms with Crippen LogP contribution < -0.4 is 5.32 Å². The first kappa shape index (κ1) is 16.9. The molecule has 1 aromatic carbocycles. The number of carbonyl (C=O) groups is 1. The summed E-state index contributed by atoms with van der Waals surface area (Å²) in [4.78, 5) is 24.9. The van der Waals surface area contributed by atoms with Gasteiger partial charge in [0.15, 0.2) is 0 Å². The molecule has 1 N–H and O–H groups in total. The molecule has 1 unspecified atom stereocenters. The molecule has 6 heteroatoms. The molecule has 116 valence electrons. The number of benzene rings is 1. The van der Waals surface area contributed by atoms with Gasteiger partial charge in [-0.3, -0.25) is 14.9 Å². The van der Waals surface area contributed by atoms with Gasteiger partial charge in [-0.2, -0.15) is 0 Å². The molecule has 1 aromatic rings. The van der Waals surface area contributed by atoms with Crippen LogP contribution in [0.4, 0.5) is 11.4 Å². The molecule has 1 amide bonds. The smallest absolute Gasteiger partial charge is 0.293 e. The van der Waals surface area contributed by atoms with E-state index in [0.717, 1.165) is 12.8 Å². The van der Waals surface area contributed by atoms with Crippen molar-refractivity contribution in [2.45, 2.75) is 39.7 Å². The zero-order valence-corrected chi connectivity index (χ0v) is 13.0. The standard InChI is InChI=1S/C15H23N3O3/c1-5-8-11(3)17(4)15(19)12-9-7-10-13(18(20)21)14(12)16-6-2/h7,9-11,16H,5-6,8H2,1-4H3. The van der Waals surface area contributed by atoms with Crippen molar-refractivity contribution in [2.24, 2.45) is 0 Å². The third-order valence-electron chi connectivity index (χ3n) is 3.51. The van der Waals surface area contributed by atoms with Crippen molar-refractivity contribution in [3.8, 4) is 0 Å². The van der Waals surface area contributed by atoms with E-state index in [4.69, 9.17) is 0 Å². The van der Waals surface area contributed by atoms with Crippen molar-refractivity contribution >= 4 is 17.3 Å². The van der Waals surface area contributed by atoms with E-state index in [1.165, 1.54) is 6.07 Å². The summed E-state index contributed by atoms with van der Waals surface area (Å²) in [6.07, 6.45) is 1.88. The molecule has 0 aliphatic heterocycles. The Labute approximate surface area is 125 Å². The Morgan fingerprint density at radius 2 is 2.10 bits per heavy atom. The summed E-state index contributed by atoms with van der Waals surface area (Å²) in [5.41, 5.74) is 0.571. The molecule has 0 bridgehead atoms. The fourth-order valence-corrected chi connectivity index (χ4v) is 2.23. The van der Waals surface area contributed by atoms with Crippen LogP contribution in [0, 0.1) is 10.1 Å². The molecule has 1 rings (SSSR count). The predicted octanol–water partition coefficient (Wildman–Crippen LogP) is 3.29. The molecule has 21 heavy (non-hydrogen) atoms. The molecule has 0 saturated heterocycles. The quantitative estimate of drug-likeness (QED) is 0.618. The van der Waals surface area contributed by atoms with Gasteiger partial charge in [0.2, 0.25) is 0 Å². The highest BCUT2D eigenvalue weighted by atomic mass is 16.6. The maximum atomic E-state index is 12.6. The van der Waals surface area contributed by atoms with Crippen LogP contribution in [-0.4, -0.2) is 35.4 Å². The first-order valence-electron chi connectivity index (χ1n) is 7.22. The maximum Gasteiger partial charge on any atom is 0.293 e. The van der Waals surface area contributed by atoms with Gasteiger partial charge in [-0.05, 0) is 26.3 Å². The van der Waals surface area contributed by atoms with Crippen LogP contribution in [0.1, 0.15) is 44.0 Å². The second kappa shape index (κ2) is 7.61. The van der Waals surface area contributed by atoms with Crippen LogP contribution in [0.5, 0.6) is 0 Å². The third kappa shape index (κ3) is 3.93. The number of nitrogens with one attached hydrogen (secondary N) is 1. The van der Waals surface area contributed by atoms with E-state index in [1.54, 1.807) is 24.1 Å². The van der Waals surface area contributed by atoms with Gasteiger partial charge in [-0.15, -0.1) is 0 Å². The Bertz CT molecular complexity index is 517. The molecule has 0 aliphatic rings. The van der Waals surface area contributed by atoms with E-state index in [1.807, 2.05) is 13.8 Å². The van der Waals surface area contributed by atoms with Crippen LogP contribution >= 0.6 is 0 Å². The van der Waals surface area contributed by atoms with Crippen LogP contribution in [0.15, 0.2) is 18.2 Å². The summed E-state index contributed by atoms with van der Waals surface area (Å²) in [7, 11) is 1.73. The van der Waals surface area contributed by atoms with Gasteiger partial charge >= 0.3 is 0 Å². The normalized spacial score (nSPS) is 11.8. The highest BCUT2D eigenvalue weighted by molar-refractivity contribution is 6.01. The average molecular weight is 293 g/mol. The minimum atomic E-state index is -0.468. The van der Waals surface area contributed by atoms with Crippen LogP contribution in [-0.2, 0) is 0 Å². The Morgan fingerprint density at radius 3 is 2.62 bits per heavy atom. The van der Waals surface area contributed by atoms with Gasteiger partial charge in [0, 0.05) is 25.7 Å². The molecule has 0 fully saturated rings. The fraction of sp³-hybridized carbons (Fsp3) is 0.533. The summed E-state index contributed by atoms with van der Waals surface area (Å²) < 4.78 is 0. The summed E-state index contributed by atoms with van der Waals surface area (Å²) >= 11 is 0. The molecule has 0 heterocycles. The number of para-hydroxylation sites is 1. The Hall–Kier alpha value is -2.11. The number of amides is 1. The van der Waals surface area contributed by atoms with E-state index < -0.39 is 4.92 Å². The highest BCUT2D eigenvalue weighted by Gasteiger charge is 2.24. The zero-order valence-electron chi connectivity index (χ0n) is 13.0. The van der Waals surface area contributed by atoms with Gasteiger partial charge < -0.3 is 10.2 Å². The molecule has 0 aromatic heterocycles. The monoisotopic (exact) mass is 293 g/mol. The van der Waals surface area contributed by atoms with E-state index in [9.17, 15) is 14.9 Å².